The molecule has 1 aromatic carbocycles. The highest BCUT2D eigenvalue weighted by molar-refractivity contribution is 5.81. The lowest BCUT2D eigenvalue weighted by atomic mass is 9.88. The summed E-state index contributed by atoms with van der Waals surface area (Å²) in [5.74, 6) is -0.520. The number of hydrogen-bond donors (Lipinski definition) is 2. The summed E-state index contributed by atoms with van der Waals surface area (Å²) in [5.41, 5.74) is 0.732. The third-order valence-electron chi connectivity index (χ3n) is 5.24. The first-order chi connectivity index (χ1) is 13.2. The number of carbonyl (C=O) groups excluding carboxylic acids is 1. The molecule has 0 aliphatic carbocycles. The molecule has 1 amide bonds. The van der Waals surface area contributed by atoms with Crippen molar-refractivity contribution in [1.29, 1.82) is 0 Å². The van der Waals surface area contributed by atoms with Gasteiger partial charge in [0.05, 0.1) is 23.7 Å². The fourth-order valence-electron chi connectivity index (χ4n) is 3.74. The highest BCUT2D eigenvalue weighted by Crippen LogP contribution is 2.33. The zero-order valence-electron chi connectivity index (χ0n) is 16.1. The molecule has 3 rings (SSSR count). The number of alkyl halides is 3. The van der Waals surface area contributed by atoms with Crippen molar-refractivity contribution in [2.75, 3.05) is 13.1 Å². The van der Waals surface area contributed by atoms with Crippen LogP contribution in [0, 0.1) is 11.8 Å². The van der Waals surface area contributed by atoms with Gasteiger partial charge in [-0.25, -0.2) is 0 Å². The van der Waals surface area contributed by atoms with Gasteiger partial charge in [0.1, 0.15) is 0 Å². The van der Waals surface area contributed by atoms with E-state index < -0.39 is 17.8 Å². The quantitative estimate of drug-likeness (QED) is 0.819. The monoisotopic (exact) mass is 394 g/mol. The molecule has 3 atom stereocenters. The number of benzene rings is 1. The van der Waals surface area contributed by atoms with E-state index in [0.717, 1.165) is 17.7 Å². The molecule has 2 heterocycles. The van der Waals surface area contributed by atoms with Gasteiger partial charge in [-0.05, 0) is 29.2 Å². The second-order valence-corrected chi connectivity index (χ2v) is 7.67. The van der Waals surface area contributed by atoms with Gasteiger partial charge in [0, 0.05) is 32.3 Å². The molecule has 1 aliphatic heterocycles. The SMILES string of the molecule is CC(C)C(NC(=O)[C@H]1CNC[C@@H]1c1cnn(C)c1)c1cccc(C(F)(F)F)c1. The van der Waals surface area contributed by atoms with Crippen LogP contribution in [0.4, 0.5) is 13.2 Å². The summed E-state index contributed by atoms with van der Waals surface area (Å²) in [6.07, 6.45) is -0.766. The third-order valence-corrected chi connectivity index (χ3v) is 5.24. The Bertz CT molecular complexity index is 831. The molecule has 1 aliphatic rings. The lowest BCUT2D eigenvalue weighted by molar-refractivity contribution is -0.137. The highest BCUT2D eigenvalue weighted by atomic mass is 19.4. The molecular weight excluding hydrogens is 369 g/mol. The number of nitrogens with one attached hydrogen (secondary N) is 2. The smallest absolute Gasteiger partial charge is 0.349 e. The number of rotatable bonds is 5. The van der Waals surface area contributed by atoms with E-state index >= 15 is 0 Å². The van der Waals surface area contributed by atoms with E-state index in [4.69, 9.17) is 0 Å². The van der Waals surface area contributed by atoms with Crippen molar-refractivity contribution >= 4 is 5.91 Å². The molecule has 0 bridgehead atoms. The third kappa shape index (κ3) is 4.38. The van der Waals surface area contributed by atoms with Crippen molar-refractivity contribution in [3.63, 3.8) is 0 Å². The second kappa shape index (κ2) is 7.95. The lowest BCUT2D eigenvalue weighted by Gasteiger charge is -2.26. The van der Waals surface area contributed by atoms with Crippen molar-refractivity contribution in [3.8, 4) is 0 Å². The van der Waals surface area contributed by atoms with Crippen molar-refractivity contribution < 1.29 is 18.0 Å². The Hall–Kier alpha value is -2.35. The zero-order chi connectivity index (χ0) is 20.5. The minimum absolute atomic E-state index is 0.0111. The van der Waals surface area contributed by atoms with Crippen LogP contribution in [0.5, 0.6) is 0 Å². The van der Waals surface area contributed by atoms with Gasteiger partial charge < -0.3 is 10.6 Å². The minimum atomic E-state index is -4.41. The maximum absolute atomic E-state index is 13.1. The Morgan fingerprint density at radius 3 is 2.68 bits per heavy atom. The number of halogens is 3. The Balaban J connectivity index is 1.80. The van der Waals surface area contributed by atoms with Gasteiger partial charge >= 0.3 is 6.18 Å². The van der Waals surface area contributed by atoms with Crippen molar-refractivity contribution in [2.45, 2.75) is 32.0 Å². The van der Waals surface area contributed by atoms with Crippen LogP contribution >= 0.6 is 0 Å². The Morgan fingerprint density at radius 2 is 2.07 bits per heavy atom. The van der Waals surface area contributed by atoms with Crippen LogP contribution in [-0.4, -0.2) is 28.8 Å². The average molecular weight is 394 g/mol. The topological polar surface area (TPSA) is 59.0 Å². The van der Waals surface area contributed by atoms with Crippen LogP contribution in [0.2, 0.25) is 0 Å². The Morgan fingerprint density at radius 1 is 1.32 bits per heavy atom. The standard InChI is InChI=1S/C20H25F3N4O/c1-12(2)18(13-5-4-6-15(7-13)20(21,22)23)26-19(28)17-10-24-9-16(17)14-8-25-27(3)11-14/h4-8,11-12,16-18,24H,9-10H2,1-3H3,(H,26,28)/t16-,17+,18?/m1/s1. The maximum Gasteiger partial charge on any atom is 0.416 e. The zero-order valence-corrected chi connectivity index (χ0v) is 16.1. The first-order valence-electron chi connectivity index (χ1n) is 9.33. The normalized spacial score (nSPS) is 21.1. The molecule has 2 aromatic rings. The number of amides is 1. The predicted octanol–water partition coefficient (Wildman–Crippen LogP) is 3.26. The Kier molecular flexibility index (Phi) is 5.79. The molecular formula is C20H25F3N4O. The summed E-state index contributed by atoms with van der Waals surface area (Å²) in [7, 11) is 1.82. The van der Waals surface area contributed by atoms with Crippen molar-refractivity contribution in [2.24, 2.45) is 18.9 Å². The summed E-state index contributed by atoms with van der Waals surface area (Å²) < 4.78 is 40.9. The fraction of sp³-hybridized carbons (Fsp3) is 0.500. The molecule has 1 aromatic heterocycles. The van der Waals surface area contributed by atoms with E-state index in [0.29, 0.717) is 18.7 Å². The summed E-state index contributed by atoms with van der Waals surface area (Å²) in [5, 5.41) is 10.4. The first kappa shape index (κ1) is 20.4. The maximum atomic E-state index is 13.1. The summed E-state index contributed by atoms with van der Waals surface area (Å²) in [6.45, 7) is 4.96. The molecule has 1 fully saturated rings. The van der Waals surface area contributed by atoms with Crippen molar-refractivity contribution in [3.05, 3.63) is 53.3 Å². The average Bonchev–Trinajstić information content (AvgIpc) is 3.27. The van der Waals surface area contributed by atoms with E-state index in [2.05, 4.69) is 15.7 Å². The molecule has 5 nitrogen and oxygen atoms in total. The van der Waals surface area contributed by atoms with E-state index in [1.165, 1.54) is 6.07 Å². The predicted molar refractivity (Wildman–Crippen MR) is 99.5 cm³/mol. The molecule has 1 unspecified atom stereocenters. The van der Waals surface area contributed by atoms with Gasteiger partial charge in [0.25, 0.3) is 0 Å². The summed E-state index contributed by atoms with van der Waals surface area (Å²) >= 11 is 0. The van der Waals surface area contributed by atoms with Crippen molar-refractivity contribution in [1.82, 2.24) is 20.4 Å². The van der Waals surface area contributed by atoms with Gasteiger partial charge in [-0.2, -0.15) is 18.3 Å². The lowest BCUT2D eigenvalue weighted by Crippen LogP contribution is -2.38. The molecule has 0 spiro atoms. The van der Waals surface area contributed by atoms with Crippen LogP contribution in [0.1, 0.15) is 42.5 Å². The molecule has 28 heavy (non-hydrogen) atoms. The van der Waals surface area contributed by atoms with E-state index in [-0.39, 0.29) is 23.7 Å². The van der Waals surface area contributed by atoms with Crippen LogP contribution in [0.3, 0.4) is 0 Å². The van der Waals surface area contributed by atoms with E-state index in [9.17, 15) is 18.0 Å². The molecule has 152 valence electrons. The van der Waals surface area contributed by atoms with Crippen LogP contribution in [-0.2, 0) is 18.0 Å². The van der Waals surface area contributed by atoms with E-state index in [1.54, 1.807) is 16.9 Å². The highest BCUT2D eigenvalue weighted by Gasteiger charge is 2.36. The number of hydrogen-bond acceptors (Lipinski definition) is 3. The molecule has 0 radical (unpaired) electrons. The largest absolute Gasteiger partial charge is 0.416 e. The van der Waals surface area contributed by atoms with Crippen LogP contribution in [0.15, 0.2) is 36.7 Å². The molecule has 8 heteroatoms. The van der Waals surface area contributed by atoms with Gasteiger partial charge in [-0.3, -0.25) is 9.48 Å². The Labute approximate surface area is 162 Å². The summed E-state index contributed by atoms with van der Waals surface area (Å²) in [4.78, 5) is 13.0. The molecule has 1 saturated heterocycles. The molecule has 2 N–H and O–H groups in total. The van der Waals surface area contributed by atoms with Gasteiger partial charge in [-0.1, -0.05) is 26.0 Å². The van der Waals surface area contributed by atoms with Crippen LogP contribution in [0.25, 0.3) is 0 Å². The number of carbonyl (C=O) groups is 1. The summed E-state index contributed by atoms with van der Waals surface area (Å²) in [6, 6.07) is 4.68. The van der Waals surface area contributed by atoms with Gasteiger partial charge in [-0.15, -0.1) is 0 Å². The minimum Gasteiger partial charge on any atom is -0.349 e. The number of nitrogens with zero attached hydrogens (tertiary/aromatic N) is 2. The van der Waals surface area contributed by atoms with E-state index in [1.807, 2.05) is 27.1 Å². The number of aromatic nitrogens is 2. The second-order valence-electron chi connectivity index (χ2n) is 7.67. The first-order valence-corrected chi connectivity index (χ1v) is 9.33. The van der Waals surface area contributed by atoms with Crippen LogP contribution < -0.4 is 10.6 Å². The van der Waals surface area contributed by atoms with Gasteiger partial charge in [0.15, 0.2) is 0 Å². The fourth-order valence-corrected chi connectivity index (χ4v) is 3.74. The molecule has 0 saturated carbocycles. The van der Waals surface area contributed by atoms with Gasteiger partial charge in [0.2, 0.25) is 5.91 Å². The number of aryl methyl sites for hydroxylation is 1.